The van der Waals surface area contributed by atoms with E-state index in [4.69, 9.17) is 23.2 Å². The summed E-state index contributed by atoms with van der Waals surface area (Å²) in [6.45, 7) is 7.53. The minimum absolute atomic E-state index is 0.0923. The van der Waals surface area contributed by atoms with Crippen LogP contribution in [0.25, 0.3) is 0 Å². The van der Waals surface area contributed by atoms with Gasteiger partial charge in [-0.3, -0.25) is 4.79 Å². The number of carbonyl (C=O) groups excluding carboxylic acids is 1. The zero-order valence-corrected chi connectivity index (χ0v) is 18.7. The van der Waals surface area contributed by atoms with E-state index < -0.39 is 10.0 Å². The molecule has 1 saturated heterocycles. The van der Waals surface area contributed by atoms with Gasteiger partial charge < -0.3 is 5.32 Å². The topological polar surface area (TPSA) is 66.5 Å². The maximum Gasteiger partial charge on any atom is 0.248 e. The van der Waals surface area contributed by atoms with Crippen molar-refractivity contribution in [2.45, 2.75) is 52.9 Å². The second kappa shape index (κ2) is 9.29. The third kappa shape index (κ3) is 5.72. The van der Waals surface area contributed by atoms with Crippen molar-refractivity contribution in [2.24, 2.45) is 11.3 Å². The van der Waals surface area contributed by atoms with Crippen LogP contribution in [0.15, 0.2) is 21.7 Å². The zero-order valence-electron chi connectivity index (χ0n) is 16.4. The van der Waals surface area contributed by atoms with E-state index in [-0.39, 0.29) is 17.1 Å². The van der Waals surface area contributed by atoms with Crippen LogP contribution in [0.5, 0.6) is 0 Å². The van der Waals surface area contributed by atoms with Crippen LogP contribution in [0.2, 0.25) is 0 Å². The van der Waals surface area contributed by atoms with Crippen LogP contribution in [0, 0.1) is 11.3 Å². The Morgan fingerprint density at radius 1 is 1.30 bits per heavy atom. The first kappa shape index (κ1) is 22.7. The molecule has 0 aromatic heterocycles. The van der Waals surface area contributed by atoms with Gasteiger partial charge in [0, 0.05) is 25.2 Å². The minimum Gasteiger partial charge on any atom is -0.352 e. The fourth-order valence-corrected chi connectivity index (χ4v) is 5.60. The van der Waals surface area contributed by atoms with E-state index >= 15 is 0 Å². The highest BCUT2D eigenvalue weighted by atomic mass is 35.5. The number of nitrogens with zero attached hydrogens (tertiary/aromatic N) is 1. The Morgan fingerprint density at radius 3 is 2.48 bits per heavy atom. The van der Waals surface area contributed by atoms with E-state index in [9.17, 15) is 13.2 Å². The van der Waals surface area contributed by atoms with Crippen LogP contribution in [-0.2, 0) is 14.8 Å². The van der Waals surface area contributed by atoms with Gasteiger partial charge in [0.2, 0.25) is 15.9 Å². The fraction of sp³-hybridized carbons (Fsp3) is 0.737. The van der Waals surface area contributed by atoms with E-state index in [0.717, 1.165) is 19.3 Å². The Morgan fingerprint density at radius 2 is 1.93 bits per heavy atom. The average molecular weight is 437 g/mol. The minimum atomic E-state index is -3.16. The number of halogens is 2. The highest BCUT2D eigenvalue weighted by Gasteiger charge is 2.38. The summed E-state index contributed by atoms with van der Waals surface area (Å²) in [4.78, 5) is 12.6. The molecule has 2 rings (SSSR count). The Kier molecular flexibility index (Phi) is 7.82. The summed E-state index contributed by atoms with van der Waals surface area (Å²) in [6.07, 6.45) is 5.56. The molecule has 8 heteroatoms. The van der Waals surface area contributed by atoms with Crippen molar-refractivity contribution in [3.8, 4) is 0 Å². The van der Waals surface area contributed by atoms with Gasteiger partial charge in [0.15, 0.2) is 0 Å². The summed E-state index contributed by atoms with van der Waals surface area (Å²) in [7, 11) is -3.16. The zero-order chi connectivity index (χ0) is 20.2. The molecular weight excluding hydrogens is 407 g/mol. The van der Waals surface area contributed by atoms with E-state index in [1.54, 1.807) is 11.2 Å². The molecule has 0 aromatic carbocycles. The largest absolute Gasteiger partial charge is 0.352 e. The lowest BCUT2D eigenvalue weighted by atomic mass is 9.73. The molecule has 0 unspecified atom stereocenters. The normalized spacial score (nSPS) is 21.3. The van der Waals surface area contributed by atoms with Crippen molar-refractivity contribution >= 4 is 39.1 Å². The smallest absolute Gasteiger partial charge is 0.248 e. The van der Waals surface area contributed by atoms with Crippen molar-refractivity contribution < 1.29 is 13.2 Å². The van der Waals surface area contributed by atoms with Gasteiger partial charge >= 0.3 is 0 Å². The summed E-state index contributed by atoms with van der Waals surface area (Å²) < 4.78 is 25.9. The number of carbonyl (C=O) groups is 1. The standard InChI is InChI=1S/C19H30Cl2N2O3S/c1-4-27(25,26)23-10-8-19(9-11-23,12-14(2)3)13-22-18(24)15-6-5-7-16(20)17(15)21/h7,14H,4-6,8-13H2,1-3H3,(H,22,24). The van der Waals surface area contributed by atoms with E-state index in [1.807, 2.05) is 6.08 Å². The molecular formula is C19H30Cl2N2O3S. The summed E-state index contributed by atoms with van der Waals surface area (Å²) >= 11 is 12.3. The van der Waals surface area contributed by atoms with Gasteiger partial charge in [-0.15, -0.1) is 0 Å². The van der Waals surface area contributed by atoms with E-state index in [2.05, 4.69) is 19.2 Å². The third-order valence-electron chi connectivity index (χ3n) is 5.47. The molecule has 27 heavy (non-hydrogen) atoms. The van der Waals surface area contributed by atoms with Gasteiger partial charge in [0.1, 0.15) is 0 Å². The van der Waals surface area contributed by atoms with E-state index in [1.165, 1.54) is 0 Å². The number of rotatable bonds is 7. The summed E-state index contributed by atoms with van der Waals surface area (Å²) in [6, 6.07) is 0. The molecule has 0 aromatic rings. The molecule has 0 radical (unpaired) electrons. The predicted octanol–water partition coefficient (Wildman–Crippen LogP) is 3.99. The van der Waals surface area contributed by atoms with Gasteiger partial charge in [-0.1, -0.05) is 43.1 Å². The van der Waals surface area contributed by atoms with Crippen LogP contribution >= 0.6 is 23.2 Å². The molecule has 154 valence electrons. The van der Waals surface area contributed by atoms with Gasteiger partial charge in [0.05, 0.1) is 15.8 Å². The number of hydrogen-bond donors (Lipinski definition) is 1. The lowest BCUT2D eigenvalue weighted by molar-refractivity contribution is -0.118. The predicted molar refractivity (Wildman–Crippen MR) is 111 cm³/mol. The first-order valence-corrected chi connectivity index (χ1v) is 12.0. The SMILES string of the molecule is CCS(=O)(=O)N1CCC(CNC(=O)C2=C(Cl)C(Cl)=CCC2)(CC(C)C)CC1. The molecule has 0 bridgehead atoms. The molecule has 1 aliphatic carbocycles. The van der Waals surface area contributed by atoms with Crippen molar-refractivity contribution in [2.75, 3.05) is 25.4 Å². The highest BCUT2D eigenvalue weighted by molar-refractivity contribution is 7.89. The monoisotopic (exact) mass is 436 g/mol. The third-order valence-corrected chi connectivity index (χ3v) is 8.23. The van der Waals surface area contributed by atoms with Crippen molar-refractivity contribution in [3.63, 3.8) is 0 Å². The maximum atomic E-state index is 12.6. The lowest BCUT2D eigenvalue weighted by Gasteiger charge is -2.42. The quantitative estimate of drug-likeness (QED) is 0.655. The Hall–Kier alpha value is -0.560. The molecule has 1 amide bonds. The van der Waals surface area contributed by atoms with Crippen molar-refractivity contribution in [1.82, 2.24) is 9.62 Å². The van der Waals surface area contributed by atoms with Crippen LogP contribution < -0.4 is 5.32 Å². The lowest BCUT2D eigenvalue weighted by Crippen LogP contribution is -2.49. The second-order valence-corrected chi connectivity index (χ2v) is 11.0. The van der Waals surface area contributed by atoms with Gasteiger partial charge in [0.25, 0.3) is 0 Å². The molecule has 1 N–H and O–H groups in total. The summed E-state index contributed by atoms with van der Waals surface area (Å²) in [5, 5.41) is 3.82. The Labute approximate surface area is 173 Å². The van der Waals surface area contributed by atoms with Gasteiger partial charge in [-0.05, 0) is 50.4 Å². The summed E-state index contributed by atoms with van der Waals surface area (Å²) in [5.74, 6) is 0.422. The fourth-order valence-electron chi connectivity index (χ4n) is 4.01. The number of sulfonamides is 1. The average Bonchev–Trinajstić information content (AvgIpc) is 2.62. The molecule has 1 aliphatic heterocycles. The van der Waals surface area contributed by atoms with Crippen molar-refractivity contribution in [1.29, 1.82) is 0 Å². The molecule has 5 nitrogen and oxygen atoms in total. The van der Waals surface area contributed by atoms with Gasteiger partial charge in [-0.2, -0.15) is 0 Å². The van der Waals surface area contributed by atoms with Crippen LogP contribution in [-0.4, -0.2) is 44.0 Å². The molecule has 1 heterocycles. The molecule has 2 aliphatic rings. The number of hydrogen-bond acceptors (Lipinski definition) is 3. The molecule has 1 fully saturated rings. The van der Waals surface area contributed by atoms with E-state index in [0.29, 0.717) is 54.0 Å². The second-order valence-electron chi connectivity index (χ2n) is 7.96. The Bertz CT molecular complexity index is 721. The Balaban J connectivity index is 2.07. The molecule has 0 saturated carbocycles. The van der Waals surface area contributed by atoms with Crippen molar-refractivity contribution in [3.05, 3.63) is 21.7 Å². The molecule has 0 spiro atoms. The van der Waals surface area contributed by atoms with Crippen LogP contribution in [0.1, 0.15) is 52.9 Å². The first-order valence-electron chi connectivity index (χ1n) is 9.61. The van der Waals surface area contributed by atoms with Crippen LogP contribution in [0.4, 0.5) is 0 Å². The summed E-state index contributed by atoms with van der Waals surface area (Å²) in [5.41, 5.74) is 0.445. The number of piperidine rings is 1. The highest BCUT2D eigenvalue weighted by Crippen LogP contribution is 2.38. The number of allylic oxidation sites excluding steroid dienone is 3. The first-order chi connectivity index (χ1) is 12.6. The maximum absolute atomic E-state index is 12.6. The van der Waals surface area contributed by atoms with Crippen LogP contribution in [0.3, 0.4) is 0 Å². The molecule has 0 atom stereocenters. The van der Waals surface area contributed by atoms with Gasteiger partial charge in [-0.25, -0.2) is 12.7 Å². The number of nitrogens with one attached hydrogen (secondary N) is 1. The number of amides is 1.